The Hall–Kier alpha value is -15.5. The predicted octanol–water partition coefficient (Wildman–Crippen LogP) is 29.2. The van der Waals surface area contributed by atoms with E-state index in [4.69, 9.17) is 31.4 Å². The summed E-state index contributed by atoms with van der Waals surface area (Å²) < 4.78 is 117. The highest BCUT2D eigenvalue weighted by atomic mass is 32.1. The summed E-state index contributed by atoms with van der Waals surface area (Å²) in [6.07, 6.45) is 0. The lowest BCUT2D eigenvalue weighted by atomic mass is 10.0. The summed E-state index contributed by atoms with van der Waals surface area (Å²) in [5, 5.41) is 10.3. The molecule has 0 saturated carbocycles. The maximum atomic E-state index is 10.3. The van der Waals surface area contributed by atoms with Crippen molar-refractivity contribution in [3.05, 3.63) is 381 Å². The van der Waals surface area contributed by atoms with E-state index in [1.165, 1.54) is 0 Å². The first kappa shape index (κ1) is 55.8. The third kappa shape index (κ3) is 10.0. The number of aromatic nitrogens is 6. The van der Waals surface area contributed by atoms with Crippen molar-refractivity contribution in [2.75, 3.05) is 0 Å². The molecule has 0 saturated heterocycles. The highest BCUT2D eigenvalue weighted by molar-refractivity contribution is 7.26. The number of furan rings is 2. The zero-order valence-electron chi connectivity index (χ0n) is 71.3. The molecule has 7 aromatic heterocycles. The summed E-state index contributed by atoms with van der Waals surface area (Å²) in [6, 6.07) is 98.8. The maximum Gasteiger partial charge on any atom is 0.213 e. The molecular formula is C106H61N7O2S. The zero-order valence-corrected chi connectivity index (χ0v) is 62.1. The fourth-order valence-electron chi connectivity index (χ4n) is 17.7. The van der Waals surface area contributed by atoms with Gasteiger partial charge in [-0.15, -0.1) is 11.3 Å². The van der Waals surface area contributed by atoms with Crippen molar-refractivity contribution >= 4 is 146 Å². The van der Waals surface area contributed by atoms with Crippen LogP contribution in [0.4, 0.5) is 5.69 Å². The van der Waals surface area contributed by atoms with E-state index in [1.807, 2.05) is 103 Å². The van der Waals surface area contributed by atoms with Gasteiger partial charge in [-0.2, -0.15) is 0 Å². The molecule has 116 heavy (non-hydrogen) atoms. The SMILES string of the molecule is [2H]c1c([2H])c([2H])c(-c2nc(-c3cc([N+]#[C-])c(-n4c5ccc(-c6ccccc6)cc5c5c6oc7ccc(-c8ccccc8)cc7c6ccc54)c(-n4c5ccc(-c6ccccc6)cc5c5c6sc7ccccc7c6ccc54)c3-n3c4ccc(-c5ccccc5)cc4c4c5oc6ccc(-c7ccccc7)cc6c5ccc43)nc(-c3c([2H])c([2H])c([2H])c([2H])c3[2H])n2)c([2H])c1[2H]. The van der Waals surface area contributed by atoms with Crippen LogP contribution in [-0.4, -0.2) is 28.7 Å². The van der Waals surface area contributed by atoms with Gasteiger partial charge in [0.2, 0.25) is 5.69 Å². The van der Waals surface area contributed by atoms with Crippen LogP contribution in [0, 0.1) is 6.57 Å². The van der Waals surface area contributed by atoms with Gasteiger partial charge in [0.1, 0.15) is 22.3 Å². The molecular weight excluding hydrogens is 1440 g/mol. The molecule has 24 rings (SSSR count). The summed E-state index contributed by atoms with van der Waals surface area (Å²) in [5.41, 5.74) is 16.5. The first-order valence-corrected chi connectivity index (χ1v) is 39.0. The molecule has 0 bridgehead atoms. The van der Waals surface area contributed by atoms with Crippen LogP contribution >= 0.6 is 11.3 Å². The molecule has 0 N–H and O–H groups in total. The van der Waals surface area contributed by atoms with Gasteiger partial charge in [0.05, 0.1) is 81.2 Å². The van der Waals surface area contributed by atoms with Gasteiger partial charge in [-0.05, 0) is 159 Å². The van der Waals surface area contributed by atoms with Crippen LogP contribution in [0.15, 0.2) is 379 Å². The van der Waals surface area contributed by atoms with Gasteiger partial charge < -0.3 is 22.5 Å². The first-order valence-electron chi connectivity index (χ1n) is 43.2. The summed E-state index contributed by atoms with van der Waals surface area (Å²) in [7, 11) is 0. The largest absolute Gasteiger partial charge is 0.455 e. The smallest absolute Gasteiger partial charge is 0.213 e. The van der Waals surface area contributed by atoms with Crippen molar-refractivity contribution in [1.82, 2.24) is 28.7 Å². The number of nitrogens with zero attached hydrogens (tertiary/aromatic N) is 7. The topological polar surface area (TPSA) is 84.1 Å². The van der Waals surface area contributed by atoms with E-state index < -0.39 is 83.2 Å². The van der Waals surface area contributed by atoms with Crippen molar-refractivity contribution in [2.24, 2.45) is 0 Å². The van der Waals surface area contributed by atoms with E-state index >= 15 is 0 Å². The van der Waals surface area contributed by atoms with E-state index in [1.54, 1.807) is 17.4 Å². The molecule has 9 nitrogen and oxygen atoms in total. The summed E-state index contributed by atoms with van der Waals surface area (Å²) in [5.74, 6) is -1.26. The Morgan fingerprint density at radius 1 is 0.284 bits per heavy atom. The minimum atomic E-state index is -0.707. The van der Waals surface area contributed by atoms with Crippen molar-refractivity contribution < 1.29 is 22.5 Å². The number of rotatable bonds is 11. The maximum absolute atomic E-state index is 10.3. The van der Waals surface area contributed by atoms with Crippen molar-refractivity contribution in [3.63, 3.8) is 0 Å². The molecule has 0 atom stereocenters. The number of thiophene rings is 1. The minimum absolute atomic E-state index is 0.0425. The molecule has 24 aromatic rings. The lowest BCUT2D eigenvalue weighted by Gasteiger charge is -2.26. The lowest BCUT2D eigenvalue weighted by molar-refractivity contribution is 0.672. The molecule has 0 unspecified atom stereocenters. The highest BCUT2D eigenvalue weighted by Crippen LogP contribution is 2.54. The summed E-state index contributed by atoms with van der Waals surface area (Å²) in [4.78, 5) is 20.5. The van der Waals surface area contributed by atoms with Gasteiger partial charge in [0.25, 0.3) is 0 Å². The minimum Gasteiger partial charge on any atom is -0.455 e. The normalized spacial score (nSPS) is 13.2. The van der Waals surface area contributed by atoms with Gasteiger partial charge in [-0.3, -0.25) is 0 Å². The third-order valence-corrected chi connectivity index (χ3v) is 24.1. The van der Waals surface area contributed by atoms with E-state index in [9.17, 15) is 17.5 Å². The number of hydrogen-bond donors (Lipinski definition) is 0. The molecule has 0 radical (unpaired) electrons. The van der Waals surface area contributed by atoms with Crippen molar-refractivity contribution in [2.45, 2.75) is 0 Å². The Morgan fingerprint density at radius 3 is 1.09 bits per heavy atom. The summed E-state index contributed by atoms with van der Waals surface area (Å²) >= 11 is 1.69. The van der Waals surface area contributed by atoms with E-state index in [2.05, 4.69) is 214 Å². The molecule has 7 heterocycles. The van der Waals surface area contributed by atoms with Crippen LogP contribution in [0.1, 0.15) is 13.7 Å². The van der Waals surface area contributed by atoms with Crippen molar-refractivity contribution in [1.29, 1.82) is 0 Å². The van der Waals surface area contributed by atoms with Crippen LogP contribution in [0.5, 0.6) is 0 Å². The van der Waals surface area contributed by atoms with E-state index in [-0.39, 0.29) is 17.1 Å². The zero-order chi connectivity index (χ0) is 84.9. The second kappa shape index (κ2) is 25.8. The Bertz CT molecular complexity index is 8780. The lowest BCUT2D eigenvalue weighted by Crippen LogP contribution is -2.12. The standard InChI is InChI=1S/C106H61N7O2S/c1-107-85-62-84(106-109-104(68-35-19-7-20-36-68)108-105(110-106)69-37-21-8-22-38-69)98(111-86-49-41-70(63-25-9-2-10-26-63)59-81(86)95-89(111)52-46-76-79-57-73(66-31-15-5-16-32-66)44-55-92(79)114-101(76)95)100(113-88-51-43-72(65-29-13-4-14-30-65)61-83(88)97-91(113)54-48-78-75-39-23-24-40-94(75)116-103(78)97)99(85)112-87-50-42-71(64-27-11-3-12-28-64)60-82(87)96-90(112)53-47-77-80-58-74(67-33-17-6-18-34-67)45-56-93(80)115-102(77)96/h2-62H/i7D,8D,19D,20D,21D,22D,35D,36D,37D,38D. The summed E-state index contributed by atoms with van der Waals surface area (Å²) in [6.45, 7) is 10.3. The Kier molecular flexibility index (Phi) is 12.4. The van der Waals surface area contributed by atoms with Crippen LogP contribution in [-0.2, 0) is 0 Å². The Labute approximate surface area is 681 Å². The molecule has 0 aliphatic rings. The Balaban J connectivity index is 0.950. The predicted molar refractivity (Wildman–Crippen MR) is 480 cm³/mol. The van der Waals surface area contributed by atoms with Crippen molar-refractivity contribution in [3.8, 4) is 107 Å². The molecule has 0 spiro atoms. The molecule has 0 fully saturated rings. The van der Waals surface area contributed by atoms with Gasteiger partial charge in [0, 0.05) is 80.0 Å². The molecule has 538 valence electrons. The molecule has 0 aliphatic heterocycles. The molecule has 10 heteroatoms. The van der Waals surface area contributed by atoms with Crippen LogP contribution < -0.4 is 0 Å². The fraction of sp³-hybridized carbons (Fsp3) is 0. The molecule has 17 aromatic carbocycles. The van der Waals surface area contributed by atoms with Crippen LogP contribution in [0.2, 0.25) is 0 Å². The quantitative estimate of drug-likeness (QED) is 0.121. The monoisotopic (exact) mass is 1510 g/mol. The van der Waals surface area contributed by atoms with Gasteiger partial charge in [-0.25, -0.2) is 19.8 Å². The number of benzene rings is 17. The van der Waals surface area contributed by atoms with E-state index in [0.717, 1.165) is 130 Å². The average Bonchev–Trinajstić information content (AvgIpc) is 1.53. The van der Waals surface area contributed by atoms with Crippen LogP contribution in [0.25, 0.3) is 241 Å². The van der Waals surface area contributed by atoms with Crippen LogP contribution in [0.3, 0.4) is 0 Å². The van der Waals surface area contributed by atoms with Gasteiger partial charge in [0.15, 0.2) is 17.5 Å². The van der Waals surface area contributed by atoms with Gasteiger partial charge >= 0.3 is 0 Å². The number of hydrogen-bond acceptors (Lipinski definition) is 6. The first-order chi connectivity index (χ1) is 61.6. The van der Waals surface area contributed by atoms with E-state index in [0.29, 0.717) is 72.4 Å². The highest BCUT2D eigenvalue weighted by Gasteiger charge is 2.34. The molecule has 0 aliphatic carbocycles. The second-order valence-electron chi connectivity index (χ2n) is 29.2. The molecule has 0 amide bonds. The average molecular weight is 1510 g/mol. The third-order valence-electron chi connectivity index (χ3n) is 22.9. The number of fused-ring (bicyclic) bond motifs is 21. The Morgan fingerprint density at radius 2 is 0.647 bits per heavy atom. The fourth-order valence-corrected chi connectivity index (χ4v) is 19.0. The van der Waals surface area contributed by atoms with Gasteiger partial charge in [-0.1, -0.05) is 267 Å². The second-order valence-corrected chi connectivity index (χ2v) is 30.2.